The Morgan fingerprint density at radius 3 is 2.65 bits per heavy atom. The van der Waals surface area contributed by atoms with Gasteiger partial charge in [0.25, 0.3) is 0 Å². The highest BCUT2D eigenvalue weighted by molar-refractivity contribution is 7.98. The first-order chi connectivity index (χ1) is 12.4. The molecule has 0 saturated carbocycles. The third-order valence-electron chi connectivity index (χ3n) is 3.61. The van der Waals surface area contributed by atoms with E-state index in [4.69, 9.17) is 21.1 Å². The summed E-state index contributed by atoms with van der Waals surface area (Å²) >= 11 is 7.52. The fourth-order valence-electron chi connectivity index (χ4n) is 2.40. The third-order valence-corrected chi connectivity index (χ3v) is 4.66. The van der Waals surface area contributed by atoms with Crippen LogP contribution in [0.3, 0.4) is 0 Å². The molecule has 0 bridgehead atoms. The van der Waals surface area contributed by atoms with E-state index in [1.165, 1.54) is 11.8 Å². The Labute approximate surface area is 160 Å². The second-order valence-corrected chi connectivity index (χ2v) is 6.64. The molecule has 0 fully saturated rings. The molecule has 0 radical (unpaired) electrons. The zero-order valence-corrected chi connectivity index (χ0v) is 16.1. The second kappa shape index (κ2) is 8.95. The summed E-state index contributed by atoms with van der Waals surface area (Å²) in [5, 5.41) is 5.32. The molecule has 140 valence electrons. The minimum Gasteiger partial charge on any atom is -0.463 e. The van der Waals surface area contributed by atoms with Crippen molar-refractivity contribution in [3.8, 4) is 0 Å². The Bertz CT molecular complexity index is 766. The van der Waals surface area contributed by atoms with Crippen LogP contribution in [-0.2, 0) is 14.3 Å². The quantitative estimate of drug-likeness (QED) is 0.565. The van der Waals surface area contributed by atoms with Gasteiger partial charge in [-0.25, -0.2) is 14.4 Å². The van der Waals surface area contributed by atoms with Gasteiger partial charge in [0.15, 0.2) is 0 Å². The number of carbonyl (C=O) groups excluding carboxylic acids is 3. The van der Waals surface area contributed by atoms with E-state index in [0.717, 1.165) is 4.90 Å². The van der Waals surface area contributed by atoms with Crippen LogP contribution in [0.25, 0.3) is 0 Å². The predicted molar refractivity (Wildman–Crippen MR) is 98.3 cm³/mol. The van der Waals surface area contributed by atoms with Crippen molar-refractivity contribution >= 4 is 41.3 Å². The monoisotopic (exact) mass is 398 g/mol. The average molecular weight is 399 g/mol. The second-order valence-electron chi connectivity index (χ2n) is 5.35. The SMILES string of the molecule is CCOC(=O)C1=C(COC(=O)c2cc(SC)ccc2Cl)NC(=O)N[C@H]1C. The molecule has 0 aromatic heterocycles. The van der Waals surface area contributed by atoms with Gasteiger partial charge in [-0.15, -0.1) is 11.8 Å². The molecule has 9 heteroatoms. The van der Waals surface area contributed by atoms with E-state index < -0.39 is 24.0 Å². The van der Waals surface area contributed by atoms with E-state index in [-0.39, 0.29) is 35.1 Å². The lowest BCUT2D eigenvalue weighted by Gasteiger charge is -2.26. The van der Waals surface area contributed by atoms with Gasteiger partial charge < -0.3 is 20.1 Å². The Morgan fingerprint density at radius 1 is 1.27 bits per heavy atom. The first kappa shape index (κ1) is 20.1. The first-order valence-electron chi connectivity index (χ1n) is 7.85. The highest BCUT2D eigenvalue weighted by Crippen LogP contribution is 2.24. The van der Waals surface area contributed by atoms with Crippen molar-refractivity contribution in [1.29, 1.82) is 0 Å². The molecule has 1 aliphatic rings. The van der Waals surface area contributed by atoms with Crippen molar-refractivity contribution in [2.24, 2.45) is 0 Å². The van der Waals surface area contributed by atoms with Crippen LogP contribution in [0.5, 0.6) is 0 Å². The van der Waals surface area contributed by atoms with E-state index in [9.17, 15) is 14.4 Å². The molecule has 7 nitrogen and oxygen atoms in total. The molecule has 0 unspecified atom stereocenters. The van der Waals surface area contributed by atoms with Crippen molar-refractivity contribution in [1.82, 2.24) is 10.6 Å². The summed E-state index contributed by atoms with van der Waals surface area (Å²) in [6.07, 6.45) is 1.88. The molecule has 1 aromatic rings. The standard InChI is InChI=1S/C17H19ClN2O5S/c1-4-24-16(22)14-9(2)19-17(23)20-13(14)8-25-15(21)11-7-10(26-3)5-6-12(11)18/h5-7,9H,4,8H2,1-3H3,(H2,19,20,23)/t9-/m0/s1. The third kappa shape index (κ3) is 4.70. The van der Waals surface area contributed by atoms with Gasteiger partial charge in [-0.1, -0.05) is 11.6 Å². The highest BCUT2D eigenvalue weighted by Gasteiger charge is 2.30. The van der Waals surface area contributed by atoms with E-state index in [0.29, 0.717) is 0 Å². The number of amides is 2. The van der Waals surface area contributed by atoms with Crippen LogP contribution in [0.2, 0.25) is 5.02 Å². The molecule has 0 spiro atoms. The van der Waals surface area contributed by atoms with Gasteiger partial charge in [0.05, 0.1) is 34.5 Å². The minimum absolute atomic E-state index is 0.185. The molecule has 1 heterocycles. The fraction of sp³-hybridized carbons (Fsp3) is 0.353. The first-order valence-corrected chi connectivity index (χ1v) is 9.46. The smallest absolute Gasteiger partial charge is 0.340 e. The summed E-state index contributed by atoms with van der Waals surface area (Å²) in [7, 11) is 0. The Hall–Kier alpha value is -2.19. The zero-order valence-electron chi connectivity index (χ0n) is 14.6. The number of rotatable bonds is 6. The molecule has 26 heavy (non-hydrogen) atoms. The molecule has 1 aromatic carbocycles. The molecule has 0 saturated heterocycles. The van der Waals surface area contributed by atoms with Crippen LogP contribution in [0.1, 0.15) is 24.2 Å². The fourth-order valence-corrected chi connectivity index (χ4v) is 3.03. The summed E-state index contributed by atoms with van der Waals surface area (Å²) in [4.78, 5) is 37.0. The highest BCUT2D eigenvalue weighted by atomic mass is 35.5. The number of carbonyl (C=O) groups is 3. The number of esters is 2. The average Bonchev–Trinajstić information content (AvgIpc) is 2.59. The minimum atomic E-state index is -0.651. The van der Waals surface area contributed by atoms with Crippen molar-refractivity contribution in [3.63, 3.8) is 0 Å². The van der Waals surface area contributed by atoms with Crippen LogP contribution in [0, 0.1) is 0 Å². The Morgan fingerprint density at radius 2 is 2.00 bits per heavy atom. The van der Waals surface area contributed by atoms with Crippen LogP contribution in [0.4, 0.5) is 4.79 Å². The van der Waals surface area contributed by atoms with Gasteiger partial charge in [-0.3, -0.25) is 0 Å². The van der Waals surface area contributed by atoms with E-state index in [1.807, 2.05) is 6.26 Å². The lowest BCUT2D eigenvalue weighted by molar-refractivity contribution is -0.139. The summed E-state index contributed by atoms with van der Waals surface area (Å²) in [6.45, 7) is 3.22. The molecule has 1 atom stereocenters. The number of benzene rings is 1. The maximum atomic E-state index is 12.4. The van der Waals surface area contributed by atoms with Crippen LogP contribution in [0.15, 0.2) is 34.4 Å². The van der Waals surface area contributed by atoms with Crippen LogP contribution in [-0.4, -0.2) is 43.5 Å². The van der Waals surface area contributed by atoms with Crippen LogP contribution < -0.4 is 10.6 Å². The molecule has 0 aliphatic carbocycles. The topological polar surface area (TPSA) is 93.7 Å². The van der Waals surface area contributed by atoms with Gasteiger partial charge in [0.1, 0.15) is 6.61 Å². The van der Waals surface area contributed by atoms with Gasteiger partial charge >= 0.3 is 18.0 Å². The van der Waals surface area contributed by atoms with E-state index in [1.54, 1.807) is 32.0 Å². The van der Waals surface area contributed by atoms with Crippen molar-refractivity contribution < 1.29 is 23.9 Å². The molecule has 2 rings (SSSR count). The number of halogens is 1. The molecule has 1 aliphatic heterocycles. The van der Waals surface area contributed by atoms with Crippen molar-refractivity contribution in [2.75, 3.05) is 19.5 Å². The maximum absolute atomic E-state index is 12.4. The lowest BCUT2D eigenvalue weighted by Crippen LogP contribution is -2.50. The molecule has 2 N–H and O–H groups in total. The van der Waals surface area contributed by atoms with Gasteiger partial charge in [-0.05, 0) is 38.3 Å². The largest absolute Gasteiger partial charge is 0.463 e. The Balaban J connectivity index is 2.21. The van der Waals surface area contributed by atoms with Gasteiger partial charge in [0, 0.05) is 4.90 Å². The zero-order chi connectivity index (χ0) is 19.3. The molecular formula is C17H19ClN2O5S. The van der Waals surface area contributed by atoms with Crippen molar-refractivity contribution in [2.45, 2.75) is 24.8 Å². The Kier molecular flexibility index (Phi) is 6.93. The summed E-state index contributed by atoms with van der Waals surface area (Å²) in [5.74, 6) is -1.23. The number of nitrogens with one attached hydrogen (secondary N) is 2. The van der Waals surface area contributed by atoms with Gasteiger partial charge in [0.2, 0.25) is 0 Å². The number of ether oxygens (including phenoxy) is 2. The van der Waals surface area contributed by atoms with Crippen molar-refractivity contribution in [3.05, 3.63) is 40.1 Å². The van der Waals surface area contributed by atoms with Crippen LogP contribution >= 0.6 is 23.4 Å². The normalized spacial score (nSPS) is 16.6. The maximum Gasteiger partial charge on any atom is 0.340 e. The summed E-state index contributed by atoms with van der Waals surface area (Å²) < 4.78 is 10.3. The summed E-state index contributed by atoms with van der Waals surface area (Å²) in [5.41, 5.74) is 0.610. The summed E-state index contributed by atoms with van der Waals surface area (Å²) in [6, 6.07) is 3.97. The number of urea groups is 1. The lowest BCUT2D eigenvalue weighted by atomic mass is 10.0. The number of hydrogen-bond acceptors (Lipinski definition) is 6. The molecular weight excluding hydrogens is 380 g/mol. The number of thioether (sulfide) groups is 1. The predicted octanol–water partition coefficient (Wildman–Crippen LogP) is 2.74. The molecule has 2 amide bonds. The number of hydrogen-bond donors (Lipinski definition) is 2. The van der Waals surface area contributed by atoms with E-state index >= 15 is 0 Å². The van der Waals surface area contributed by atoms with Gasteiger partial charge in [-0.2, -0.15) is 0 Å². The van der Waals surface area contributed by atoms with E-state index in [2.05, 4.69) is 10.6 Å².